The molecule has 0 unspecified atom stereocenters. The van der Waals surface area contributed by atoms with E-state index in [9.17, 15) is 13.6 Å². The lowest BCUT2D eigenvalue weighted by molar-refractivity contribution is -0.140. The number of benzene rings is 1. The van der Waals surface area contributed by atoms with Gasteiger partial charge in [-0.3, -0.25) is 4.79 Å². The maximum Gasteiger partial charge on any atom is 0.280 e. The first-order chi connectivity index (χ1) is 15.5. The first-order valence-corrected chi connectivity index (χ1v) is 10.6. The topological polar surface area (TPSA) is 81.9 Å². The molecule has 0 saturated carbocycles. The number of ether oxygens (including phenoxy) is 2. The van der Waals surface area contributed by atoms with Crippen LogP contribution in [-0.2, 0) is 4.79 Å². The molecular weight excluding hydrogens is 420 g/mol. The monoisotopic (exact) mass is 445 g/mol. The molecular formula is C22H25F2N5O3. The van der Waals surface area contributed by atoms with Crippen molar-refractivity contribution in [2.45, 2.75) is 44.6 Å². The highest BCUT2D eigenvalue weighted by Crippen LogP contribution is 2.31. The number of nitrogens with zero attached hydrogens (tertiary/aromatic N) is 5. The summed E-state index contributed by atoms with van der Waals surface area (Å²) in [6, 6.07) is 8.62. The van der Waals surface area contributed by atoms with Gasteiger partial charge < -0.3 is 14.4 Å². The van der Waals surface area contributed by atoms with E-state index in [1.54, 1.807) is 24.1 Å². The van der Waals surface area contributed by atoms with Gasteiger partial charge in [0.05, 0.1) is 7.11 Å². The summed E-state index contributed by atoms with van der Waals surface area (Å²) in [6.07, 6.45) is -0.335. The van der Waals surface area contributed by atoms with Crippen molar-refractivity contribution < 1.29 is 23.0 Å². The molecule has 0 radical (unpaired) electrons. The van der Waals surface area contributed by atoms with E-state index < -0.39 is 12.5 Å². The Kier molecular flexibility index (Phi) is 6.48. The van der Waals surface area contributed by atoms with Crippen LogP contribution in [0.3, 0.4) is 0 Å². The van der Waals surface area contributed by atoms with E-state index in [0.29, 0.717) is 49.5 Å². The first-order valence-electron chi connectivity index (χ1n) is 10.6. The molecule has 1 fully saturated rings. The molecule has 1 aliphatic heterocycles. The number of carbonyl (C=O) groups excluding carboxylic acids is 1. The zero-order valence-electron chi connectivity index (χ0n) is 17.9. The number of aromatic nitrogens is 4. The fourth-order valence-corrected chi connectivity index (χ4v) is 4.00. The van der Waals surface area contributed by atoms with E-state index >= 15 is 0 Å². The Labute approximate surface area is 184 Å². The number of piperidine rings is 1. The number of fused-ring (bicyclic) bond motifs is 1. The number of amides is 1. The summed E-state index contributed by atoms with van der Waals surface area (Å²) in [6.45, 7) is 2.89. The molecule has 10 heteroatoms. The van der Waals surface area contributed by atoms with Gasteiger partial charge >= 0.3 is 0 Å². The summed E-state index contributed by atoms with van der Waals surface area (Å²) in [5, 5.41) is 3.82. The van der Waals surface area contributed by atoms with Crippen LogP contribution in [0, 0.1) is 0 Å². The van der Waals surface area contributed by atoms with Gasteiger partial charge in [0.2, 0.25) is 0 Å². The van der Waals surface area contributed by atoms with Crippen molar-refractivity contribution in [1.82, 2.24) is 24.5 Å². The fraction of sp³-hybridized carbons (Fsp3) is 0.455. The largest absolute Gasteiger partial charge is 0.493 e. The number of methoxy groups -OCH3 is 1. The Hall–Kier alpha value is -3.30. The molecule has 4 rings (SSSR count). The van der Waals surface area contributed by atoms with Gasteiger partial charge in [0.25, 0.3) is 18.1 Å². The molecule has 170 valence electrons. The van der Waals surface area contributed by atoms with Gasteiger partial charge in [0.15, 0.2) is 17.6 Å². The molecule has 1 aliphatic rings. The molecule has 0 spiro atoms. The van der Waals surface area contributed by atoms with Gasteiger partial charge in [-0.25, -0.2) is 13.8 Å². The minimum atomic E-state index is -2.68. The molecule has 1 aromatic carbocycles. The van der Waals surface area contributed by atoms with Crippen molar-refractivity contribution in [3.8, 4) is 11.5 Å². The Bertz CT molecular complexity index is 1080. The highest BCUT2D eigenvalue weighted by atomic mass is 19.3. The minimum Gasteiger partial charge on any atom is -0.493 e. The van der Waals surface area contributed by atoms with Crippen LogP contribution in [0.25, 0.3) is 5.78 Å². The molecule has 3 aromatic rings. The Morgan fingerprint density at radius 2 is 1.94 bits per heavy atom. The zero-order valence-corrected chi connectivity index (χ0v) is 17.9. The second-order valence-corrected chi connectivity index (χ2v) is 7.64. The van der Waals surface area contributed by atoms with Crippen LogP contribution in [0.15, 0.2) is 36.7 Å². The van der Waals surface area contributed by atoms with Crippen LogP contribution in [-0.4, -0.2) is 56.7 Å². The third-order valence-corrected chi connectivity index (χ3v) is 5.73. The molecule has 0 N–H and O–H groups in total. The Morgan fingerprint density at radius 3 is 2.59 bits per heavy atom. The van der Waals surface area contributed by atoms with E-state index in [1.807, 2.05) is 19.1 Å². The van der Waals surface area contributed by atoms with E-state index in [0.717, 1.165) is 4.52 Å². The van der Waals surface area contributed by atoms with Crippen LogP contribution >= 0.6 is 0 Å². The van der Waals surface area contributed by atoms with Crippen LogP contribution in [0.2, 0.25) is 0 Å². The average Bonchev–Trinajstić information content (AvgIpc) is 3.30. The van der Waals surface area contributed by atoms with Crippen molar-refractivity contribution in [1.29, 1.82) is 0 Å². The van der Waals surface area contributed by atoms with Crippen molar-refractivity contribution in [3.05, 3.63) is 48.0 Å². The average molecular weight is 445 g/mol. The Morgan fingerprint density at radius 1 is 1.22 bits per heavy atom. The summed E-state index contributed by atoms with van der Waals surface area (Å²) in [4.78, 5) is 23.2. The number of para-hydroxylation sites is 2. The van der Waals surface area contributed by atoms with Crippen LogP contribution in [0.5, 0.6) is 11.5 Å². The third kappa shape index (κ3) is 4.35. The number of likely N-dealkylation sites (tertiary alicyclic amines) is 1. The lowest BCUT2D eigenvalue weighted by Gasteiger charge is -2.34. The SMILES string of the molecule is CC[C@H](Oc1ccccc1OC)C(=O)N1CCC(c2cc(C(F)F)n3ncnc3n2)CC1. The van der Waals surface area contributed by atoms with Crippen molar-refractivity contribution in [2.75, 3.05) is 20.2 Å². The van der Waals surface area contributed by atoms with Crippen LogP contribution in [0.1, 0.15) is 49.9 Å². The summed E-state index contributed by atoms with van der Waals surface area (Å²) in [7, 11) is 1.56. The third-order valence-electron chi connectivity index (χ3n) is 5.73. The normalized spacial score (nSPS) is 15.8. The molecule has 1 amide bonds. The molecule has 1 saturated heterocycles. The number of rotatable bonds is 7. The maximum absolute atomic E-state index is 13.5. The Balaban J connectivity index is 1.44. The van der Waals surface area contributed by atoms with Gasteiger partial charge in [-0.05, 0) is 37.5 Å². The molecule has 1 atom stereocenters. The quantitative estimate of drug-likeness (QED) is 0.552. The number of hydrogen-bond donors (Lipinski definition) is 0. The standard InChI is InChI=1S/C22H25F2N5O3/c1-3-17(32-19-7-5-4-6-18(19)31-2)21(30)28-10-8-14(9-11-28)15-12-16(20(23)24)29-22(27-15)25-13-26-29/h4-7,12-14,17,20H,3,8-11H2,1-2H3/t17-/m0/s1. The van der Waals surface area contributed by atoms with E-state index in [2.05, 4.69) is 15.1 Å². The van der Waals surface area contributed by atoms with Gasteiger partial charge in [-0.2, -0.15) is 14.6 Å². The molecule has 32 heavy (non-hydrogen) atoms. The molecule has 0 aliphatic carbocycles. The highest BCUT2D eigenvalue weighted by molar-refractivity contribution is 5.81. The van der Waals surface area contributed by atoms with Gasteiger partial charge in [-0.15, -0.1) is 0 Å². The number of alkyl halides is 2. The molecule has 3 heterocycles. The molecule has 8 nitrogen and oxygen atoms in total. The summed E-state index contributed by atoms with van der Waals surface area (Å²) in [5.74, 6) is 1.13. The van der Waals surface area contributed by atoms with E-state index in [4.69, 9.17) is 9.47 Å². The predicted molar refractivity (Wildman–Crippen MR) is 112 cm³/mol. The number of hydrogen-bond acceptors (Lipinski definition) is 6. The first kappa shape index (κ1) is 21.9. The summed E-state index contributed by atoms with van der Waals surface area (Å²) >= 11 is 0. The highest BCUT2D eigenvalue weighted by Gasteiger charge is 2.31. The van der Waals surface area contributed by atoms with Crippen molar-refractivity contribution >= 4 is 11.7 Å². The van der Waals surface area contributed by atoms with Gasteiger partial charge in [-0.1, -0.05) is 19.1 Å². The summed E-state index contributed by atoms with van der Waals surface area (Å²) in [5.41, 5.74) is 0.336. The van der Waals surface area contributed by atoms with E-state index in [-0.39, 0.29) is 23.3 Å². The van der Waals surface area contributed by atoms with Crippen molar-refractivity contribution in [2.24, 2.45) is 0 Å². The van der Waals surface area contributed by atoms with Crippen LogP contribution in [0.4, 0.5) is 8.78 Å². The lowest BCUT2D eigenvalue weighted by atomic mass is 9.92. The molecule has 2 aromatic heterocycles. The van der Waals surface area contributed by atoms with Gasteiger partial charge in [0, 0.05) is 24.7 Å². The summed E-state index contributed by atoms with van der Waals surface area (Å²) < 4.78 is 39.3. The fourth-order valence-electron chi connectivity index (χ4n) is 4.00. The zero-order chi connectivity index (χ0) is 22.7. The molecule has 0 bridgehead atoms. The maximum atomic E-state index is 13.5. The minimum absolute atomic E-state index is 0.0338. The lowest BCUT2D eigenvalue weighted by Crippen LogP contribution is -2.45. The number of halogens is 2. The smallest absolute Gasteiger partial charge is 0.280 e. The van der Waals surface area contributed by atoms with E-state index in [1.165, 1.54) is 12.4 Å². The predicted octanol–water partition coefficient (Wildman–Crippen LogP) is 3.63. The van der Waals surface area contributed by atoms with Crippen molar-refractivity contribution in [3.63, 3.8) is 0 Å². The van der Waals surface area contributed by atoms with Crippen LogP contribution < -0.4 is 9.47 Å². The van der Waals surface area contributed by atoms with Gasteiger partial charge in [0.1, 0.15) is 12.0 Å². The second kappa shape index (κ2) is 9.46. The number of carbonyl (C=O) groups is 1. The second-order valence-electron chi connectivity index (χ2n) is 7.64.